The van der Waals surface area contributed by atoms with Crippen LogP contribution in [0.3, 0.4) is 0 Å². The van der Waals surface area contributed by atoms with E-state index in [-0.39, 0.29) is 0 Å². The minimum absolute atomic E-state index is 0.552. The molecule has 0 atom stereocenters. The molecule has 0 bridgehead atoms. The van der Waals surface area contributed by atoms with Crippen LogP contribution in [0, 0.1) is 6.92 Å². The fourth-order valence-corrected chi connectivity index (χ4v) is 2.31. The van der Waals surface area contributed by atoms with E-state index in [0.717, 1.165) is 30.4 Å². The molecule has 0 unspecified atom stereocenters. The molecule has 0 saturated heterocycles. The lowest BCUT2D eigenvalue weighted by atomic mass is 9.74. The molecule has 3 heteroatoms. The highest BCUT2D eigenvalue weighted by Gasteiger charge is 2.37. The summed E-state index contributed by atoms with van der Waals surface area (Å²) in [5.74, 6) is 0. The van der Waals surface area contributed by atoms with E-state index in [2.05, 4.69) is 0 Å². The average molecular weight is 231 g/mol. The second-order valence-corrected chi connectivity index (χ2v) is 4.70. The molecule has 2 rings (SSSR count). The summed E-state index contributed by atoms with van der Waals surface area (Å²) >= 11 is 11.9. The quantitative estimate of drug-likeness (QED) is 0.781. The number of hydrogen-bond donors (Lipinski definition) is 1. The van der Waals surface area contributed by atoms with E-state index in [1.54, 1.807) is 6.07 Å². The molecule has 0 amide bonds. The molecular formula is C11H12Cl2O. The van der Waals surface area contributed by atoms with Crippen LogP contribution in [0.25, 0.3) is 0 Å². The molecule has 1 aromatic rings. The van der Waals surface area contributed by atoms with Gasteiger partial charge in [-0.05, 0) is 43.4 Å². The van der Waals surface area contributed by atoms with Crippen molar-refractivity contribution in [3.8, 4) is 0 Å². The third-order valence-electron chi connectivity index (χ3n) is 3.02. The molecule has 0 heterocycles. The highest BCUT2D eigenvalue weighted by Crippen LogP contribution is 2.44. The maximum atomic E-state index is 10.2. The summed E-state index contributed by atoms with van der Waals surface area (Å²) in [5, 5.41) is 11.3. The number of rotatable bonds is 1. The SMILES string of the molecule is Cc1c(C2(O)CCC2)ccc(Cl)c1Cl. The normalized spacial score (nSPS) is 19.1. The Labute approximate surface area is 93.7 Å². The zero-order valence-corrected chi connectivity index (χ0v) is 9.49. The topological polar surface area (TPSA) is 20.2 Å². The summed E-state index contributed by atoms with van der Waals surface area (Å²) in [6, 6.07) is 3.63. The minimum atomic E-state index is -0.654. The van der Waals surface area contributed by atoms with Gasteiger partial charge in [-0.2, -0.15) is 0 Å². The molecule has 0 radical (unpaired) electrons. The molecule has 76 valence electrons. The monoisotopic (exact) mass is 230 g/mol. The Kier molecular flexibility index (Phi) is 2.50. The van der Waals surface area contributed by atoms with Crippen molar-refractivity contribution in [3.05, 3.63) is 33.3 Å². The second-order valence-electron chi connectivity index (χ2n) is 3.92. The molecule has 0 aromatic heterocycles. The van der Waals surface area contributed by atoms with E-state index < -0.39 is 5.60 Å². The predicted octanol–water partition coefficient (Wildman–Crippen LogP) is 3.67. The van der Waals surface area contributed by atoms with Gasteiger partial charge in [-0.3, -0.25) is 0 Å². The van der Waals surface area contributed by atoms with Crippen LogP contribution in [0.5, 0.6) is 0 Å². The van der Waals surface area contributed by atoms with Crippen LogP contribution in [0.15, 0.2) is 12.1 Å². The first-order chi connectivity index (χ1) is 6.54. The van der Waals surface area contributed by atoms with Gasteiger partial charge in [-0.1, -0.05) is 29.3 Å². The van der Waals surface area contributed by atoms with Gasteiger partial charge < -0.3 is 5.11 Å². The van der Waals surface area contributed by atoms with Gasteiger partial charge in [0.2, 0.25) is 0 Å². The molecule has 1 N–H and O–H groups in total. The highest BCUT2D eigenvalue weighted by atomic mass is 35.5. The molecule has 1 fully saturated rings. The smallest absolute Gasteiger partial charge is 0.0899 e. The Morgan fingerprint density at radius 2 is 1.93 bits per heavy atom. The summed E-state index contributed by atoms with van der Waals surface area (Å²) in [7, 11) is 0. The van der Waals surface area contributed by atoms with Gasteiger partial charge in [0.1, 0.15) is 0 Å². The van der Waals surface area contributed by atoms with Gasteiger partial charge in [0, 0.05) is 0 Å². The summed E-state index contributed by atoms with van der Waals surface area (Å²) in [4.78, 5) is 0. The molecule has 1 nitrogen and oxygen atoms in total. The lowest BCUT2D eigenvalue weighted by Gasteiger charge is -2.38. The molecular weight excluding hydrogens is 219 g/mol. The molecule has 1 aliphatic carbocycles. The van der Waals surface area contributed by atoms with Gasteiger partial charge >= 0.3 is 0 Å². The van der Waals surface area contributed by atoms with E-state index >= 15 is 0 Å². The summed E-state index contributed by atoms with van der Waals surface area (Å²) in [6.45, 7) is 1.90. The zero-order chi connectivity index (χ0) is 10.3. The van der Waals surface area contributed by atoms with E-state index in [0.29, 0.717) is 10.0 Å². The lowest BCUT2D eigenvalue weighted by Crippen LogP contribution is -2.34. The zero-order valence-electron chi connectivity index (χ0n) is 7.98. The number of benzene rings is 1. The van der Waals surface area contributed by atoms with Crippen LogP contribution in [-0.2, 0) is 5.60 Å². The fourth-order valence-electron chi connectivity index (χ4n) is 1.94. The Morgan fingerprint density at radius 3 is 2.43 bits per heavy atom. The Bertz CT molecular complexity index is 370. The van der Waals surface area contributed by atoms with Crippen LogP contribution in [0.1, 0.15) is 30.4 Å². The number of aliphatic hydroxyl groups is 1. The number of hydrogen-bond acceptors (Lipinski definition) is 1. The van der Waals surface area contributed by atoms with Crippen molar-refractivity contribution < 1.29 is 5.11 Å². The Hall–Kier alpha value is -0.240. The fraction of sp³-hybridized carbons (Fsp3) is 0.455. The standard InChI is InChI=1S/C11H12Cl2O/c1-7-8(11(14)5-2-6-11)3-4-9(12)10(7)13/h3-4,14H,2,5-6H2,1H3. The van der Waals surface area contributed by atoms with Gasteiger partial charge in [0.25, 0.3) is 0 Å². The third-order valence-corrected chi connectivity index (χ3v) is 3.92. The first kappa shape index (κ1) is 10.3. The summed E-state index contributed by atoms with van der Waals surface area (Å²) in [6.07, 6.45) is 2.73. The van der Waals surface area contributed by atoms with Crippen molar-refractivity contribution in [2.24, 2.45) is 0 Å². The van der Waals surface area contributed by atoms with Crippen molar-refractivity contribution in [3.63, 3.8) is 0 Å². The van der Waals surface area contributed by atoms with Crippen LogP contribution in [-0.4, -0.2) is 5.11 Å². The van der Waals surface area contributed by atoms with E-state index in [9.17, 15) is 5.11 Å². The van der Waals surface area contributed by atoms with E-state index in [1.165, 1.54) is 0 Å². The van der Waals surface area contributed by atoms with Gasteiger partial charge in [0.05, 0.1) is 15.6 Å². The van der Waals surface area contributed by atoms with Crippen molar-refractivity contribution >= 4 is 23.2 Å². The van der Waals surface area contributed by atoms with E-state index in [4.69, 9.17) is 23.2 Å². The van der Waals surface area contributed by atoms with Gasteiger partial charge in [0.15, 0.2) is 0 Å². The summed E-state index contributed by atoms with van der Waals surface area (Å²) in [5.41, 5.74) is 1.18. The molecule has 1 aliphatic rings. The third kappa shape index (κ3) is 1.44. The Morgan fingerprint density at radius 1 is 1.29 bits per heavy atom. The van der Waals surface area contributed by atoms with Crippen molar-refractivity contribution in [1.82, 2.24) is 0 Å². The maximum absolute atomic E-state index is 10.2. The van der Waals surface area contributed by atoms with Gasteiger partial charge in [-0.25, -0.2) is 0 Å². The van der Waals surface area contributed by atoms with Crippen LogP contribution in [0.4, 0.5) is 0 Å². The highest BCUT2D eigenvalue weighted by molar-refractivity contribution is 6.42. The minimum Gasteiger partial charge on any atom is -0.385 e. The molecule has 1 aromatic carbocycles. The molecule has 14 heavy (non-hydrogen) atoms. The summed E-state index contributed by atoms with van der Waals surface area (Å²) < 4.78 is 0. The number of halogens is 2. The van der Waals surface area contributed by atoms with Crippen molar-refractivity contribution in [1.29, 1.82) is 0 Å². The molecule has 0 spiro atoms. The second kappa shape index (κ2) is 3.41. The van der Waals surface area contributed by atoms with Crippen molar-refractivity contribution in [2.45, 2.75) is 31.8 Å². The first-order valence-electron chi connectivity index (χ1n) is 4.72. The van der Waals surface area contributed by atoms with E-state index in [1.807, 2.05) is 13.0 Å². The molecule has 0 aliphatic heterocycles. The van der Waals surface area contributed by atoms with Gasteiger partial charge in [-0.15, -0.1) is 0 Å². The van der Waals surface area contributed by atoms with Crippen LogP contribution < -0.4 is 0 Å². The predicted molar refractivity (Wildman–Crippen MR) is 58.9 cm³/mol. The lowest BCUT2D eigenvalue weighted by molar-refractivity contribution is -0.0392. The average Bonchev–Trinajstić information content (AvgIpc) is 2.11. The largest absolute Gasteiger partial charge is 0.385 e. The Balaban J connectivity index is 2.49. The maximum Gasteiger partial charge on any atom is 0.0899 e. The van der Waals surface area contributed by atoms with Crippen molar-refractivity contribution in [2.75, 3.05) is 0 Å². The van der Waals surface area contributed by atoms with Crippen LogP contribution in [0.2, 0.25) is 10.0 Å². The van der Waals surface area contributed by atoms with Crippen LogP contribution >= 0.6 is 23.2 Å². The first-order valence-corrected chi connectivity index (χ1v) is 5.48. The molecule has 1 saturated carbocycles.